The van der Waals surface area contributed by atoms with Gasteiger partial charge in [0.05, 0.1) is 12.5 Å². The first-order valence-electron chi connectivity index (χ1n) is 8.74. The number of carbonyl (C=O) groups is 2. The van der Waals surface area contributed by atoms with Gasteiger partial charge in [0, 0.05) is 25.6 Å². The molecule has 1 aromatic carbocycles. The van der Waals surface area contributed by atoms with Gasteiger partial charge in [0.25, 0.3) is 0 Å². The Bertz CT molecular complexity index is 609. The van der Waals surface area contributed by atoms with E-state index in [1.165, 1.54) is 11.1 Å². The van der Waals surface area contributed by atoms with Crippen molar-refractivity contribution in [2.75, 3.05) is 19.7 Å². The van der Waals surface area contributed by atoms with E-state index < -0.39 is 5.97 Å². The third-order valence-electron chi connectivity index (χ3n) is 5.05. The molecule has 0 aromatic heterocycles. The zero-order valence-corrected chi connectivity index (χ0v) is 14.1. The molecule has 3 rings (SSSR count). The minimum Gasteiger partial charge on any atom is -0.481 e. The molecular weight excluding hydrogens is 306 g/mol. The summed E-state index contributed by atoms with van der Waals surface area (Å²) >= 11 is 0. The highest BCUT2D eigenvalue weighted by molar-refractivity contribution is 5.83. The average Bonchev–Trinajstić information content (AvgIpc) is 3.18. The van der Waals surface area contributed by atoms with E-state index in [0.717, 1.165) is 25.9 Å². The van der Waals surface area contributed by atoms with Crippen molar-refractivity contribution in [3.63, 3.8) is 0 Å². The molecule has 0 bridgehead atoms. The number of ether oxygens (including phenoxy) is 1. The van der Waals surface area contributed by atoms with Crippen molar-refractivity contribution in [3.8, 4) is 0 Å². The van der Waals surface area contributed by atoms with E-state index in [1.54, 1.807) is 4.90 Å². The van der Waals surface area contributed by atoms with Gasteiger partial charge in [-0.2, -0.15) is 0 Å². The fourth-order valence-corrected chi connectivity index (χ4v) is 3.61. The lowest BCUT2D eigenvalue weighted by Crippen LogP contribution is -2.39. The molecule has 1 aliphatic carbocycles. The van der Waals surface area contributed by atoms with Gasteiger partial charge in [-0.25, -0.2) is 0 Å². The summed E-state index contributed by atoms with van der Waals surface area (Å²) in [6.45, 7) is 3.60. The summed E-state index contributed by atoms with van der Waals surface area (Å²) < 4.78 is 5.63. The van der Waals surface area contributed by atoms with Crippen LogP contribution >= 0.6 is 0 Å². The number of nitrogens with zero attached hydrogens (tertiary/aromatic N) is 1. The molecule has 0 spiro atoms. The first-order chi connectivity index (χ1) is 11.6. The van der Waals surface area contributed by atoms with Gasteiger partial charge in [0.2, 0.25) is 5.91 Å². The number of hydrogen-bond acceptors (Lipinski definition) is 3. The standard InChI is InChI=1S/C19H25NO4/c1-13-5-2-3-7-15(13)16-11-17(16)19(23)20(9-8-18(21)22)12-14-6-4-10-24-14/h2-3,5,7,14,16-17H,4,6,8-12H2,1H3,(H,21,22)/t14-,16-,17-/m0/s1. The normalized spacial score (nSPS) is 25.5. The molecule has 2 fully saturated rings. The smallest absolute Gasteiger partial charge is 0.305 e. The lowest BCUT2D eigenvalue weighted by molar-refractivity contribution is -0.139. The Morgan fingerprint density at radius 3 is 2.79 bits per heavy atom. The van der Waals surface area contributed by atoms with E-state index in [2.05, 4.69) is 19.1 Å². The number of hydrogen-bond donors (Lipinski definition) is 1. The maximum absolute atomic E-state index is 12.9. The Balaban J connectivity index is 1.64. The molecule has 24 heavy (non-hydrogen) atoms. The third-order valence-corrected chi connectivity index (χ3v) is 5.05. The Hall–Kier alpha value is -1.88. The third kappa shape index (κ3) is 3.96. The number of benzene rings is 1. The van der Waals surface area contributed by atoms with Crippen molar-refractivity contribution >= 4 is 11.9 Å². The zero-order valence-electron chi connectivity index (χ0n) is 14.1. The van der Waals surface area contributed by atoms with E-state index >= 15 is 0 Å². The number of carboxylic acids is 1. The Labute approximate surface area is 142 Å². The molecule has 3 atom stereocenters. The summed E-state index contributed by atoms with van der Waals surface area (Å²) in [5.74, 6) is -0.525. The summed E-state index contributed by atoms with van der Waals surface area (Å²) in [6, 6.07) is 8.18. The van der Waals surface area contributed by atoms with Crippen molar-refractivity contribution in [3.05, 3.63) is 35.4 Å². The highest BCUT2D eigenvalue weighted by Crippen LogP contribution is 2.49. The van der Waals surface area contributed by atoms with Crippen LogP contribution in [0.3, 0.4) is 0 Å². The second-order valence-electron chi connectivity index (χ2n) is 6.87. The van der Waals surface area contributed by atoms with Crippen LogP contribution in [-0.2, 0) is 14.3 Å². The average molecular weight is 331 g/mol. The van der Waals surface area contributed by atoms with Gasteiger partial charge in [0.15, 0.2) is 0 Å². The number of aliphatic carboxylic acids is 1. The predicted molar refractivity (Wildman–Crippen MR) is 89.8 cm³/mol. The van der Waals surface area contributed by atoms with Crippen molar-refractivity contribution in [1.29, 1.82) is 0 Å². The van der Waals surface area contributed by atoms with E-state index in [9.17, 15) is 9.59 Å². The van der Waals surface area contributed by atoms with Crippen LogP contribution in [0.25, 0.3) is 0 Å². The molecular formula is C19H25NO4. The quantitative estimate of drug-likeness (QED) is 0.834. The molecule has 5 heteroatoms. The van der Waals surface area contributed by atoms with Crippen molar-refractivity contribution in [2.45, 2.75) is 44.6 Å². The molecule has 2 aliphatic rings. The highest BCUT2D eigenvalue weighted by Gasteiger charge is 2.46. The maximum Gasteiger partial charge on any atom is 0.305 e. The molecule has 1 N–H and O–H groups in total. The monoisotopic (exact) mass is 331 g/mol. The number of carbonyl (C=O) groups excluding carboxylic acids is 1. The van der Waals surface area contributed by atoms with Gasteiger partial charge >= 0.3 is 5.97 Å². The molecule has 1 aliphatic heterocycles. The molecule has 0 unspecified atom stereocenters. The summed E-state index contributed by atoms with van der Waals surface area (Å²) in [5.41, 5.74) is 2.46. The molecule has 1 amide bonds. The maximum atomic E-state index is 12.9. The van der Waals surface area contributed by atoms with Crippen LogP contribution in [0.5, 0.6) is 0 Å². The number of aryl methyl sites for hydroxylation is 1. The Kier molecular flexibility index (Phi) is 5.19. The first-order valence-corrected chi connectivity index (χ1v) is 8.74. The second kappa shape index (κ2) is 7.34. The lowest BCUT2D eigenvalue weighted by Gasteiger charge is -2.25. The van der Waals surface area contributed by atoms with Crippen molar-refractivity contribution in [2.24, 2.45) is 5.92 Å². The van der Waals surface area contributed by atoms with Crippen LogP contribution in [0, 0.1) is 12.8 Å². The number of amides is 1. The van der Waals surface area contributed by atoms with Crippen molar-refractivity contribution < 1.29 is 19.4 Å². The lowest BCUT2D eigenvalue weighted by atomic mass is 10.0. The van der Waals surface area contributed by atoms with Crippen molar-refractivity contribution in [1.82, 2.24) is 4.90 Å². The molecule has 1 saturated carbocycles. The zero-order chi connectivity index (χ0) is 17.1. The fourth-order valence-electron chi connectivity index (χ4n) is 3.61. The summed E-state index contributed by atoms with van der Waals surface area (Å²) in [4.78, 5) is 25.5. The van der Waals surface area contributed by atoms with Gasteiger partial charge in [-0.3, -0.25) is 9.59 Å². The van der Waals surface area contributed by atoms with Gasteiger partial charge in [-0.05, 0) is 43.2 Å². The summed E-state index contributed by atoms with van der Waals surface area (Å²) in [5, 5.41) is 8.96. The molecule has 1 aromatic rings. The molecule has 5 nitrogen and oxygen atoms in total. The number of carboxylic acid groups (broad SMARTS) is 1. The van der Waals surface area contributed by atoms with Gasteiger partial charge in [0.1, 0.15) is 0 Å². The van der Waals surface area contributed by atoms with Crippen LogP contribution in [0.2, 0.25) is 0 Å². The first kappa shape index (κ1) is 17.0. The minimum absolute atomic E-state index is 0.0127. The van der Waals surface area contributed by atoms with Crippen LogP contribution < -0.4 is 0 Å². The topological polar surface area (TPSA) is 66.8 Å². The van der Waals surface area contributed by atoms with E-state index in [4.69, 9.17) is 9.84 Å². The van der Waals surface area contributed by atoms with Gasteiger partial charge in [-0.15, -0.1) is 0 Å². The molecule has 1 saturated heterocycles. The van der Waals surface area contributed by atoms with Gasteiger partial charge in [-0.1, -0.05) is 24.3 Å². The Morgan fingerprint density at radius 1 is 1.33 bits per heavy atom. The summed E-state index contributed by atoms with van der Waals surface area (Å²) in [7, 11) is 0. The molecule has 1 heterocycles. The van der Waals surface area contributed by atoms with Crippen LogP contribution in [0.1, 0.15) is 42.7 Å². The van der Waals surface area contributed by atoms with Crippen LogP contribution in [0.4, 0.5) is 0 Å². The van der Waals surface area contributed by atoms with Crippen LogP contribution in [-0.4, -0.2) is 47.7 Å². The molecule has 130 valence electrons. The van der Waals surface area contributed by atoms with E-state index in [-0.39, 0.29) is 36.8 Å². The number of rotatable bonds is 7. The van der Waals surface area contributed by atoms with Gasteiger partial charge < -0.3 is 14.7 Å². The van der Waals surface area contributed by atoms with E-state index in [1.807, 2.05) is 12.1 Å². The minimum atomic E-state index is -0.869. The highest BCUT2D eigenvalue weighted by atomic mass is 16.5. The summed E-state index contributed by atoms with van der Waals surface area (Å²) in [6.07, 6.45) is 2.86. The SMILES string of the molecule is Cc1ccccc1[C@@H]1C[C@@H]1C(=O)N(CCC(=O)O)C[C@@H]1CCCO1. The van der Waals surface area contributed by atoms with Crippen LogP contribution in [0.15, 0.2) is 24.3 Å². The largest absolute Gasteiger partial charge is 0.481 e. The van der Waals surface area contributed by atoms with E-state index in [0.29, 0.717) is 6.54 Å². The molecule has 0 radical (unpaired) electrons. The Morgan fingerprint density at radius 2 is 2.12 bits per heavy atom. The second-order valence-corrected chi connectivity index (χ2v) is 6.87. The fraction of sp³-hybridized carbons (Fsp3) is 0.579. The predicted octanol–water partition coefficient (Wildman–Crippen LogP) is 2.58.